The molecule has 0 fully saturated rings. The normalized spacial score (nSPS) is 10.6. The molecule has 2 aromatic carbocycles. The van der Waals surface area contributed by atoms with Gasteiger partial charge in [-0.1, -0.05) is 15.9 Å². The molecule has 2 rings (SSSR count). The van der Waals surface area contributed by atoms with Crippen LogP contribution < -0.4 is 10.2 Å². The van der Waals surface area contributed by atoms with E-state index in [9.17, 15) is 9.90 Å². The number of carbonyl (C=O) groups is 1. The first-order chi connectivity index (χ1) is 11.0. The Morgan fingerprint density at radius 3 is 2.57 bits per heavy atom. The van der Waals surface area contributed by atoms with Crippen molar-refractivity contribution in [3.05, 3.63) is 52.0 Å². The molecule has 2 N–H and O–H groups in total. The maximum absolute atomic E-state index is 11.3. The molecular weight excluding hydrogens is 364 g/mol. The van der Waals surface area contributed by atoms with Crippen LogP contribution in [0, 0.1) is 0 Å². The molecule has 7 heteroatoms. The van der Waals surface area contributed by atoms with Gasteiger partial charge in [-0.3, -0.25) is 5.43 Å². The van der Waals surface area contributed by atoms with Crippen LogP contribution in [0.15, 0.2) is 46.0 Å². The van der Waals surface area contributed by atoms with E-state index in [0.29, 0.717) is 22.6 Å². The molecule has 0 radical (unpaired) electrons. The van der Waals surface area contributed by atoms with Crippen LogP contribution in [0.1, 0.15) is 15.9 Å². The highest BCUT2D eigenvalue weighted by atomic mass is 79.9. The van der Waals surface area contributed by atoms with Gasteiger partial charge in [0.1, 0.15) is 0 Å². The fourth-order valence-electron chi connectivity index (χ4n) is 1.82. The zero-order valence-electron chi connectivity index (χ0n) is 12.5. The lowest BCUT2D eigenvalue weighted by atomic mass is 10.2. The second-order valence-electron chi connectivity index (χ2n) is 4.48. The second-order valence-corrected chi connectivity index (χ2v) is 5.40. The summed E-state index contributed by atoms with van der Waals surface area (Å²) in [5, 5.41) is 14.1. The summed E-state index contributed by atoms with van der Waals surface area (Å²) in [6.45, 7) is 0. The lowest BCUT2D eigenvalue weighted by Gasteiger charge is -2.07. The van der Waals surface area contributed by atoms with Crippen molar-refractivity contribution in [3.8, 4) is 11.5 Å². The zero-order valence-corrected chi connectivity index (χ0v) is 14.1. The molecule has 0 amide bonds. The zero-order chi connectivity index (χ0) is 16.8. The Bertz CT molecular complexity index is 730. The average molecular weight is 379 g/mol. The highest BCUT2D eigenvalue weighted by Crippen LogP contribution is 2.32. The monoisotopic (exact) mass is 378 g/mol. The lowest BCUT2D eigenvalue weighted by Crippen LogP contribution is -2.00. The van der Waals surface area contributed by atoms with Crippen molar-refractivity contribution in [2.45, 2.75) is 0 Å². The van der Waals surface area contributed by atoms with Crippen molar-refractivity contribution in [2.75, 3.05) is 19.6 Å². The summed E-state index contributed by atoms with van der Waals surface area (Å²) in [4.78, 5) is 11.3. The summed E-state index contributed by atoms with van der Waals surface area (Å²) in [7, 11) is 2.81. The van der Waals surface area contributed by atoms with Crippen molar-refractivity contribution in [2.24, 2.45) is 5.10 Å². The molecule has 0 aliphatic heterocycles. The number of phenols is 1. The number of aromatic hydroxyl groups is 1. The Labute approximate surface area is 141 Å². The van der Waals surface area contributed by atoms with Crippen LogP contribution in [0.25, 0.3) is 0 Å². The molecule has 0 aromatic heterocycles. The summed E-state index contributed by atoms with van der Waals surface area (Å²) in [5.41, 5.74) is 4.45. The van der Waals surface area contributed by atoms with E-state index in [4.69, 9.17) is 4.74 Å². The number of hydrogen-bond donors (Lipinski definition) is 2. The Kier molecular flexibility index (Phi) is 5.59. The van der Waals surface area contributed by atoms with Gasteiger partial charge in [0.2, 0.25) is 0 Å². The Morgan fingerprint density at radius 1 is 1.26 bits per heavy atom. The first-order valence-electron chi connectivity index (χ1n) is 6.59. The summed E-state index contributed by atoms with van der Waals surface area (Å²) in [5.74, 6) is -0.0447. The van der Waals surface area contributed by atoms with Crippen molar-refractivity contribution >= 4 is 33.8 Å². The second kappa shape index (κ2) is 7.64. The van der Waals surface area contributed by atoms with Crippen molar-refractivity contribution < 1.29 is 19.4 Å². The van der Waals surface area contributed by atoms with E-state index in [2.05, 4.69) is 31.2 Å². The number of nitrogens with one attached hydrogen (secondary N) is 1. The van der Waals surface area contributed by atoms with E-state index < -0.39 is 5.97 Å². The molecule has 23 heavy (non-hydrogen) atoms. The van der Waals surface area contributed by atoms with Gasteiger partial charge >= 0.3 is 5.97 Å². The van der Waals surface area contributed by atoms with Crippen LogP contribution in [-0.2, 0) is 4.74 Å². The predicted molar refractivity (Wildman–Crippen MR) is 91.4 cm³/mol. The van der Waals surface area contributed by atoms with Gasteiger partial charge in [-0.15, -0.1) is 0 Å². The number of esters is 1. The third kappa shape index (κ3) is 4.23. The van der Waals surface area contributed by atoms with E-state index in [1.54, 1.807) is 36.4 Å². The van der Waals surface area contributed by atoms with Crippen LogP contribution in [0.5, 0.6) is 11.5 Å². The SMILES string of the molecule is COC(=O)c1ccc(NN=Cc2cc(Br)cc(OC)c2O)cc1. The van der Waals surface area contributed by atoms with Crippen molar-refractivity contribution in [1.29, 1.82) is 0 Å². The van der Waals surface area contributed by atoms with Gasteiger partial charge in [-0.05, 0) is 36.4 Å². The standard InChI is InChI=1S/C16H15BrN2O4/c1-22-14-8-12(17)7-11(15(14)20)9-18-19-13-5-3-10(4-6-13)16(21)23-2/h3-9,19-20H,1-2H3. The maximum Gasteiger partial charge on any atom is 0.337 e. The first-order valence-corrected chi connectivity index (χ1v) is 7.38. The van der Waals surface area contributed by atoms with Gasteiger partial charge in [0, 0.05) is 10.0 Å². The number of nitrogens with zero attached hydrogens (tertiary/aromatic N) is 1. The fourth-order valence-corrected chi connectivity index (χ4v) is 2.28. The van der Waals surface area contributed by atoms with Crippen molar-refractivity contribution in [3.63, 3.8) is 0 Å². The van der Waals surface area contributed by atoms with Gasteiger partial charge in [-0.2, -0.15) is 5.10 Å². The maximum atomic E-state index is 11.3. The minimum atomic E-state index is -0.397. The van der Waals surface area contributed by atoms with Crippen LogP contribution in [0.4, 0.5) is 5.69 Å². The highest BCUT2D eigenvalue weighted by molar-refractivity contribution is 9.10. The Hall–Kier alpha value is -2.54. The first kappa shape index (κ1) is 16.8. The number of benzene rings is 2. The van der Waals surface area contributed by atoms with Crippen LogP contribution >= 0.6 is 15.9 Å². The molecule has 0 spiro atoms. The number of hydrogen-bond acceptors (Lipinski definition) is 6. The number of carbonyl (C=O) groups excluding carboxylic acids is 1. The molecule has 0 saturated heterocycles. The van der Waals surface area contributed by atoms with E-state index in [0.717, 1.165) is 4.47 Å². The minimum Gasteiger partial charge on any atom is -0.504 e. The summed E-state index contributed by atoms with van der Waals surface area (Å²) < 4.78 is 10.5. The molecule has 0 unspecified atom stereocenters. The van der Waals surface area contributed by atoms with Crippen molar-refractivity contribution in [1.82, 2.24) is 0 Å². The van der Waals surface area contributed by atoms with Gasteiger partial charge in [-0.25, -0.2) is 4.79 Å². The lowest BCUT2D eigenvalue weighted by molar-refractivity contribution is 0.0601. The van der Waals surface area contributed by atoms with Gasteiger partial charge in [0.15, 0.2) is 11.5 Å². The topological polar surface area (TPSA) is 80.2 Å². The number of anilines is 1. The number of rotatable bonds is 5. The number of methoxy groups -OCH3 is 2. The number of halogens is 1. The molecule has 0 atom stereocenters. The van der Waals surface area contributed by atoms with Crippen LogP contribution in [0.2, 0.25) is 0 Å². The number of phenolic OH excluding ortho intramolecular Hbond substituents is 1. The molecule has 0 saturated carbocycles. The largest absolute Gasteiger partial charge is 0.504 e. The van der Waals surface area contributed by atoms with E-state index >= 15 is 0 Å². The molecule has 120 valence electrons. The quantitative estimate of drug-likeness (QED) is 0.473. The molecule has 2 aromatic rings. The van der Waals surface area contributed by atoms with Gasteiger partial charge in [0.25, 0.3) is 0 Å². The number of hydrazone groups is 1. The molecule has 0 heterocycles. The molecule has 0 bridgehead atoms. The Morgan fingerprint density at radius 2 is 1.96 bits per heavy atom. The molecule has 6 nitrogen and oxygen atoms in total. The summed E-state index contributed by atoms with van der Waals surface area (Å²) in [6.07, 6.45) is 1.47. The third-order valence-electron chi connectivity index (χ3n) is 2.99. The molecular formula is C16H15BrN2O4. The van der Waals surface area contributed by atoms with Crippen LogP contribution in [0.3, 0.4) is 0 Å². The predicted octanol–water partition coefficient (Wildman–Crippen LogP) is 3.40. The molecule has 0 aliphatic rings. The number of ether oxygens (including phenoxy) is 2. The van der Waals surface area contributed by atoms with Gasteiger partial charge in [0.05, 0.1) is 31.7 Å². The average Bonchev–Trinajstić information content (AvgIpc) is 2.57. The minimum absolute atomic E-state index is 0.00212. The van der Waals surface area contributed by atoms with E-state index in [1.165, 1.54) is 20.4 Å². The van der Waals surface area contributed by atoms with E-state index in [-0.39, 0.29) is 5.75 Å². The van der Waals surface area contributed by atoms with Gasteiger partial charge < -0.3 is 14.6 Å². The third-order valence-corrected chi connectivity index (χ3v) is 3.45. The Balaban J connectivity index is 2.10. The highest BCUT2D eigenvalue weighted by Gasteiger charge is 2.08. The fraction of sp³-hybridized carbons (Fsp3) is 0.125. The van der Waals surface area contributed by atoms with E-state index in [1.807, 2.05) is 0 Å². The molecule has 0 aliphatic carbocycles. The smallest absolute Gasteiger partial charge is 0.337 e. The summed E-state index contributed by atoms with van der Waals surface area (Å²) in [6, 6.07) is 10.0. The van der Waals surface area contributed by atoms with Crippen LogP contribution in [-0.4, -0.2) is 31.5 Å². The summed E-state index contributed by atoms with van der Waals surface area (Å²) >= 11 is 3.34.